The van der Waals surface area contributed by atoms with Crippen LogP contribution >= 0.6 is 23.2 Å². The van der Waals surface area contributed by atoms with E-state index in [0.29, 0.717) is 10.7 Å². The third-order valence-corrected chi connectivity index (χ3v) is 3.77. The molecule has 25 heavy (non-hydrogen) atoms. The first-order valence-electron chi connectivity index (χ1n) is 6.88. The number of rotatable bonds is 4. The summed E-state index contributed by atoms with van der Waals surface area (Å²) >= 11 is 11.5. The Morgan fingerprint density at radius 1 is 0.920 bits per heavy atom. The Bertz CT molecular complexity index is 810. The Balaban J connectivity index is 2.01. The fourth-order valence-electron chi connectivity index (χ4n) is 1.96. The lowest BCUT2D eigenvalue weighted by Gasteiger charge is -2.13. The van der Waals surface area contributed by atoms with Crippen molar-refractivity contribution in [2.45, 2.75) is 12.6 Å². The van der Waals surface area contributed by atoms with Gasteiger partial charge in [-0.05, 0) is 30.3 Å². The van der Waals surface area contributed by atoms with E-state index in [9.17, 15) is 22.8 Å². The van der Waals surface area contributed by atoms with Crippen molar-refractivity contribution in [1.82, 2.24) is 0 Å². The molecule has 0 fully saturated rings. The maximum Gasteiger partial charge on any atom is 0.418 e. The van der Waals surface area contributed by atoms with Gasteiger partial charge in [0.2, 0.25) is 11.8 Å². The van der Waals surface area contributed by atoms with Crippen molar-refractivity contribution in [2.24, 2.45) is 0 Å². The highest BCUT2D eigenvalue weighted by Crippen LogP contribution is 2.34. The number of hydrogen-bond acceptors (Lipinski definition) is 2. The molecule has 0 saturated heterocycles. The van der Waals surface area contributed by atoms with Gasteiger partial charge in [-0.25, -0.2) is 0 Å². The average molecular weight is 391 g/mol. The van der Waals surface area contributed by atoms with Crippen LogP contribution in [0, 0.1) is 0 Å². The molecule has 0 spiro atoms. The maximum atomic E-state index is 12.9. The molecule has 0 aliphatic rings. The topological polar surface area (TPSA) is 58.2 Å². The quantitative estimate of drug-likeness (QED) is 0.723. The highest BCUT2D eigenvalue weighted by atomic mass is 35.5. The van der Waals surface area contributed by atoms with E-state index in [2.05, 4.69) is 10.6 Å². The maximum absolute atomic E-state index is 12.9. The van der Waals surface area contributed by atoms with Crippen molar-refractivity contribution in [3.05, 3.63) is 58.1 Å². The molecule has 0 radical (unpaired) electrons. The molecule has 132 valence electrons. The summed E-state index contributed by atoms with van der Waals surface area (Å²) in [6, 6.07) is 8.82. The van der Waals surface area contributed by atoms with Crippen LogP contribution in [0.1, 0.15) is 12.0 Å². The second-order valence-corrected chi connectivity index (χ2v) is 5.76. The van der Waals surface area contributed by atoms with Gasteiger partial charge in [-0.3, -0.25) is 9.59 Å². The van der Waals surface area contributed by atoms with Crippen molar-refractivity contribution in [1.29, 1.82) is 0 Å². The number of halogens is 5. The van der Waals surface area contributed by atoms with Gasteiger partial charge in [0.15, 0.2) is 0 Å². The van der Waals surface area contributed by atoms with Gasteiger partial charge in [-0.2, -0.15) is 13.2 Å². The summed E-state index contributed by atoms with van der Waals surface area (Å²) < 4.78 is 38.6. The van der Waals surface area contributed by atoms with Gasteiger partial charge >= 0.3 is 6.18 Å². The third kappa shape index (κ3) is 5.37. The van der Waals surface area contributed by atoms with Gasteiger partial charge in [0.1, 0.15) is 6.42 Å². The van der Waals surface area contributed by atoms with Crippen LogP contribution in [-0.2, 0) is 15.8 Å². The molecule has 4 nitrogen and oxygen atoms in total. The molecule has 0 bridgehead atoms. The molecule has 9 heteroatoms. The second-order valence-electron chi connectivity index (χ2n) is 4.95. The van der Waals surface area contributed by atoms with Crippen LogP contribution in [-0.4, -0.2) is 11.8 Å². The number of para-hydroxylation sites is 1. The van der Waals surface area contributed by atoms with Gasteiger partial charge in [0, 0.05) is 5.69 Å². The van der Waals surface area contributed by atoms with Crippen molar-refractivity contribution < 1.29 is 22.8 Å². The van der Waals surface area contributed by atoms with Crippen LogP contribution in [0.15, 0.2) is 42.5 Å². The summed E-state index contributed by atoms with van der Waals surface area (Å²) in [5, 5.41) is 5.00. The van der Waals surface area contributed by atoms with Gasteiger partial charge in [0.25, 0.3) is 0 Å². The number of anilines is 2. The van der Waals surface area contributed by atoms with Crippen molar-refractivity contribution >= 4 is 46.4 Å². The Labute approximate surface area is 150 Å². The molecule has 0 saturated carbocycles. The van der Waals surface area contributed by atoms with Crippen molar-refractivity contribution in [3.63, 3.8) is 0 Å². The Kier molecular flexibility index (Phi) is 5.92. The number of hydrogen-bond donors (Lipinski definition) is 2. The predicted octanol–water partition coefficient (Wildman–Crippen LogP) is 4.98. The average Bonchev–Trinajstić information content (AvgIpc) is 2.50. The zero-order valence-corrected chi connectivity index (χ0v) is 14.0. The number of benzene rings is 2. The van der Waals surface area contributed by atoms with E-state index in [1.54, 1.807) is 0 Å². The Morgan fingerprint density at radius 3 is 2.20 bits per heavy atom. The first-order valence-corrected chi connectivity index (χ1v) is 7.63. The molecule has 2 N–H and O–H groups in total. The van der Waals surface area contributed by atoms with Crippen molar-refractivity contribution in [2.75, 3.05) is 10.6 Å². The zero-order valence-electron chi connectivity index (χ0n) is 12.5. The third-order valence-electron chi connectivity index (χ3n) is 3.03. The molecule has 2 rings (SSSR count). The Morgan fingerprint density at radius 2 is 1.56 bits per heavy atom. The van der Waals surface area contributed by atoms with Crippen LogP contribution in [0.2, 0.25) is 10.0 Å². The van der Waals surface area contributed by atoms with Crippen LogP contribution < -0.4 is 10.6 Å². The monoisotopic (exact) mass is 390 g/mol. The minimum Gasteiger partial charge on any atom is -0.326 e. The summed E-state index contributed by atoms with van der Waals surface area (Å²) in [7, 11) is 0. The zero-order chi connectivity index (χ0) is 18.6. The van der Waals surface area contributed by atoms with E-state index in [4.69, 9.17) is 23.2 Å². The van der Waals surface area contributed by atoms with E-state index >= 15 is 0 Å². The molecule has 0 aliphatic heterocycles. The fourth-order valence-corrected chi connectivity index (χ4v) is 2.26. The number of carbonyl (C=O) groups excluding carboxylic acids is 2. The van der Waals surface area contributed by atoms with E-state index in [1.807, 2.05) is 0 Å². The van der Waals surface area contributed by atoms with Gasteiger partial charge in [0.05, 0.1) is 21.3 Å². The summed E-state index contributed by atoms with van der Waals surface area (Å²) in [4.78, 5) is 23.6. The number of amides is 2. The SMILES string of the molecule is O=C(CC(=O)Nc1ccccc1C(F)(F)F)Nc1ccc(Cl)c(Cl)c1. The highest BCUT2D eigenvalue weighted by molar-refractivity contribution is 6.42. The minimum atomic E-state index is -4.62. The van der Waals surface area contributed by atoms with Gasteiger partial charge in [-0.15, -0.1) is 0 Å². The van der Waals surface area contributed by atoms with Gasteiger partial charge in [-0.1, -0.05) is 35.3 Å². The van der Waals surface area contributed by atoms with E-state index < -0.39 is 35.7 Å². The van der Waals surface area contributed by atoms with E-state index in [0.717, 1.165) is 12.1 Å². The number of nitrogens with one attached hydrogen (secondary N) is 2. The molecule has 0 heterocycles. The molecule has 2 amide bonds. The lowest BCUT2D eigenvalue weighted by molar-refractivity contribution is -0.137. The molecule has 2 aromatic carbocycles. The largest absolute Gasteiger partial charge is 0.418 e. The summed E-state index contributed by atoms with van der Waals surface area (Å²) in [5.74, 6) is -1.59. The second kappa shape index (κ2) is 7.76. The molecular formula is C16H11Cl2F3N2O2. The van der Waals surface area contributed by atoms with Crippen LogP contribution in [0.5, 0.6) is 0 Å². The van der Waals surface area contributed by atoms with Crippen LogP contribution in [0.3, 0.4) is 0 Å². The predicted molar refractivity (Wildman–Crippen MR) is 89.8 cm³/mol. The number of alkyl halides is 3. The first-order chi connectivity index (χ1) is 11.7. The van der Waals surface area contributed by atoms with Gasteiger partial charge < -0.3 is 10.6 Å². The summed E-state index contributed by atoms with van der Waals surface area (Å²) in [6.45, 7) is 0. The lowest BCUT2D eigenvalue weighted by Crippen LogP contribution is -2.22. The normalized spacial score (nSPS) is 11.1. The summed E-state index contributed by atoms with van der Waals surface area (Å²) in [6.07, 6.45) is -5.28. The molecule has 0 aromatic heterocycles. The molecular weight excluding hydrogens is 380 g/mol. The standard InChI is InChI=1S/C16H11Cl2F3N2O2/c17-11-6-5-9(7-12(11)18)22-14(24)8-15(25)23-13-4-2-1-3-10(13)16(19,20)21/h1-7H,8H2,(H,22,24)(H,23,25). The first kappa shape index (κ1) is 19.1. The molecule has 0 aliphatic carbocycles. The molecule has 2 aromatic rings. The number of carbonyl (C=O) groups is 2. The molecule has 0 atom stereocenters. The lowest BCUT2D eigenvalue weighted by atomic mass is 10.1. The minimum absolute atomic E-state index is 0.211. The van der Waals surface area contributed by atoms with Crippen LogP contribution in [0.25, 0.3) is 0 Å². The van der Waals surface area contributed by atoms with Crippen LogP contribution in [0.4, 0.5) is 24.5 Å². The summed E-state index contributed by atoms with van der Waals surface area (Å²) in [5.41, 5.74) is -1.10. The highest BCUT2D eigenvalue weighted by Gasteiger charge is 2.33. The van der Waals surface area contributed by atoms with E-state index in [-0.39, 0.29) is 5.02 Å². The Hall–Kier alpha value is -2.25. The van der Waals surface area contributed by atoms with Crippen molar-refractivity contribution in [3.8, 4) is 0 Å². The molecule has 0 unspecified atom stereocenters. The van der Waals surface area contributed by atoms with E-state index in [1.165, 1.54) is 30.3 Å². The fraction of sp³-hybridized carbons (Fsp3) is 0.125. The smallest absolute Gasteiger partial charge is 0.326 e.